The average molecular weight is 442 g/mol. The minimum Gasteiger partial charge on any atom is -0.354 e. The number of nitrogens with zero attached hydrogens (tertiary/aromatic N) is 6. The van der Waals surface area contributed by atoms with Crippen molar-refractivity contribution in [3.63, 3.8) is 0 Å². The minimum atomic E-state index is -0.283. The van der Waals surface area contributed by atoms with Crippen LogP contribution >= 0.6 is 0 Å². The van der Waals surface area contributed by atoms with Gasteiger partial charge in [-0.3, -0.25) is 4.68 Å². The standard InChI is InChI=1S/C25H24FN7/c1-32-23(8-11-29-32)24-20-4-2-3-5-21(20)25(31-30-24)33-12-9-19(10-13-33)28-16-18-14-17(15-27)6-7-22(18)26/h2-8,11,14,19,28H,9-10,12-13,16H2,1H3. The first-order chi connectivity index (χ1) is 16.1. The fraction of sp³-hybridized carbons (Fsp3) is 0.280. The van der Waals surface area contributed by atoms with Crippen LogP contribution in [-0.2, 0) is 13.6 Å². The van der Waals surface area contributed by atoms with Crippen LogP contribution in [0, 0.1) is 17.1 Å². The van der Waals surface area contributed by atoms with Crippen LogP contribution in [0.2, 0.25) is 0 Å². The van der Waals surface area contributed by atoms with Crippen molar-refractivity contribution in [2.24, 2.45) is 7.05 Å². The van der Waals surface area contributed by atoms with E-state index in [1.807, 2.05) is 29.9 Å². The van der Waals surface area contributed by atoms with Crippen molar-refractivity contribution in [3.8, 4) is 17.5 Å². The van der Waals surface area contributed by atoms with Crippen LogP contribution in [0.5, 0.6) is 0 Å². The molecule has 1 aliphatic heterocycles. The summed E-state index contributed by atoms with van der Waals surface area (Å²) in [5, 5.41) is 28.1. The van der Waals surface area contributed by atoms with Crippen molar-refractivity contribution < 1.29 is 4.39 Å². The highest BCUT2D eigenvalue weighted by molar-refractivity contribution is 5.99. The van der Waals surface area contributed by atoms with Gasteiger partial charge in [0.1, 0.15) is 11.5 Å². The predicted molar refractivity (Wildman–Crippen MR) is 125 cm³/mol. The number of rotatable bonds is 5. The lowest BCUT2D eigenvalue weighted by Crippen LogP contribution is -2.42. The summed E-state index contributed by atoms with van der Waals surface area (Å²) in [6, 6.07) is 17.0. The van der Waals surface area contributed by atoms with Gasteiger partial charge in [0, 0.05) is 55.3 Å². The average Bonchev–Trinajstić information content (AvgIpc) is 3.29. The molecule has 8 heteroatoms. The second kappa shape index (κ2) is 8.96. The largest absolute Gasteiger partial charge is 0.354 e. The van der Waals surface area contributed by atoms with Crippen molar-refractivity contribution in [3.05, 3.63) is 71.7 Å². The number of halogens is 1. The Balaban J connectivity index is 1.30. The zero-order valence-corrected chi connectivity index (χ0v) is 18.4. The van der Waals surface area contributed by atoms with Gasteiger partial charge in [-0.15, -0.1) is 10.2 Å². The normalized spacial score (nSPS) is 14.5. The van der Waals surface area contributed by atoms with Crippen LogP contribution in [0.4, 0.5) is 10.2 Å². The van der Waals surface area contributed by atoms with E-state index in [1.54, 1.807) is 12.3 Å². The van der Waals surface area contributed by atoms with Crippen molar-refractivity contribution in [1.82, 2.24) is 25.3 Å². The number of nitriles is 1. The monoisotopic (exact) mass is 441 g/mol. The van der Waals surface area contributed by atoms with Crippen molar-refractivity contribution in [1.29, 1.82) is 5.26 Å². The first kappa shape index (κ1) is 21.0. The number of aromatic nitrogens is 4. The van der Waals surface area contributed by atoms with E-state index >= 15 is 0 Å². The number of aryl methyl sites for hydroxylation is 1. The lowest BCUT2D eigenvalue weighted by molar-refractivity contribution is 0.409. The Morgan fingerprint density at radius 1 is 1.09 bits per heavy atom. The van der Waals surface area contributed by atoms with Gasteiger partial charge in [0.25, 0.3) is 0 Å². The number of piperidine rings is 1. The van der Waals surface area contributed by atoms with Gasteiger partial charge < -0.3 is 10.2 Å². The smallest absolute Gasteiger partial charge is 0.159 e. The van der Waals surface area contributed by atoms with Crippen LogP contribution in [0.25, 0.3) is 22.2 Å². The van der Waals surface area contributed by atoms with Gasteiger partial charge in [-0.1, -0.05) is 24.3 Å². The first-order valence-corrected chi connectivity index (χ1v) is 11.0. The van der Waals surface area contributed by atoms with E-state index < -0.39 is 0 Å². The fourth-order valence-corrected chi connectivity index (χ4v) is 4.45. The summed E-state index contributed by atoms with van der Waals surface area (Å²) >= 11 is 0. The van der Waals surface area contributed by atoms with E-state index in [2.05, 4.69) is 43.7 Å². The second-order valence-corrected chi connectivity index (χ2v) is 8.32. The predicted octanol–water partition coefficient (Wildman–Crippen LogP) is 3.80. The Labute approximate surface area is 191 Å². The molecular formula is C25H24FN7. The lowest BCUT2D eigenvalue weighted by atomic mass is 10.0. The molecule has 1 N–H and O–H groups in total. The summed E-state index contributed by atoms with van der Waals surface area (Å²) in [6.07, 6.45) is 3.60. The third-order valence-electron chi connectivity index (χ3n) is 6.28. The summed E-state index contributed by atoms with van der Waals surface area (Å²) < 4.78 is 15.9. The summed E-state index contributed by atoms with van der Waals surface area (Å²) in [7, 11) is 1.90. The summed E-state index contributed by atoms with van der Waals surface area (Å²) in [5.41, 5.74) is 2.76. The molecule has 0 amide bonds. The Hall–Kier alpha value is -3.83. The number of fused-ring (bicyclic) bond motifs is 1. The van der Waals surface area contributed by atoms with Crippen LogP contribution in [0.3, 0.4) is 0 Å². The van der Waals surface area contributed by atoms with E-state index in [0.717, 1.165) is 53.9 Å². The van der Waals surface area contributed by atoms with Gasteiger partial charge in [-0.2, -0.15) is 10.4 Å². The molecule has 0 bridgehead atoms. The summed E-state index contributed by atoms with van der Waals surface area (Å²) in [6.45, 7) is 2.08. The van der Waals surface area contributed by atoms with E-state index in [0.29, 0.717) is 17.7 Å². The highest BCUT2D eigenvalue weighted by Gasteiger charge is 2.23. The van der Waals surface area contributed by atoms with Gasteiger partial charge in [0.05, 0.1) is 17.3 Å². The Bertz CT molecular complexity index is 1330. The van der Waals surface area contributed by atoms with Crippen molar-refractivity contribution in [2.45, 2.75) is 25.4 Å². The molecule has 0 atom stereocenters. The van der Waals surface area contributed by atoms with E-state index in [9.17, 15) is 4.39 Å². The third-order valence-corrected chi connectivity index (χ3v) is 6.28. The number of nitrogens with one attached hydrogen (secondary N) is 1. The highest BCUT2D eigenvalue weighted by Crippen LogP contribution is 2.32. The highest BCUT2D eigenvalue weighted by atomic mass is 19.1. The summed E-state index contributed by atoms with van der Waals surface area (Å²) in [4.78, 5) is 2.28. The molecule has 5 rings (SSSR count). The van der Waals surface area contributed by atoms with Gasteiger partial charge in [-0.25, -0.2) is 4.39 Å². The molecule has 2 aromatic carbocycles. The van der Waals surface area contributed by atoms with Crippen LogP contribution in [-0.4, -0.2) is 39.1 Å². The molecule has 1 saturated heterocycles. The molecule has 2 aromatic heterocycles. The Kier molecular flexibility index (Phi) is 5.71. The molecule has 0 aliphatic carbocycles. The Morgan fingerprint density at radius 3 is 2.61 bits per heavy atom. The van der Waals surface area contributed by atoms with E-state index in [-0.39, 0.29) is 11.9 Å². The first-order valence-electron chi connectivity index (χ1n) is 11.0. The molecule has 4 aromatic rings. The number of hydrogen-bond acceptors (Lipinski definition) is 6. The molecule has 3 heterocycles. The van der Waals surface area contributed by atoms with Crippen LogP contribution in [0.15, 0.2) is 54.7 Å². The van der Waals surface area contributed by atoms with Gasteiger partial charge in [0.2, 0.25) is 0 Å². The molecule has 0 spiro atoms. The van der Waals surface area contributed by atoms with Crippen LogP contribution in [0.1, 0.15) is 24.0 Å². The molecular weight excluding hydrogens is 417 g/mol. The quantitative estimate of drug-likeness (QED) is 0.507. The SMILES string of the molecule is Cn1nccc1-c1nnc(N2CCC(NCc3cc(C#N)ccc3F)CC2)c2ccccc12. The Morgan fingerprint density at radius 2 is 1.88 bits per heavy atom. The molecule has 0 saturated carbocycles. The van der Waals surface area contributed by atoms with E-state index in [4.69, 9.17) is 5.26 Å². The fourth-order valence-electron chi connectivity index (χ4n) is 4.45. The number of hydrogen-bond donors (Lipinski definition) is 1. The molecule has 0 unspecified atom stereocenters. The second-order valence-electron chi connectivity index (χ2n) is 8.32. The molecule has 166 valence electrons. The topological polar surface area (TPSA) is 82.7 Å². The third kappa shape index (κ3) is 4.15. The maximum absolute atomic E-state index is 14.1. The minimum absolute atomic E-state index is 0.277. The number of anilines is 1. The molecule has 33 heavy (non-hydrogen) atoms. The maximum atomic E-state index is 14.1. The van der Waals surface area contributed by atoms with Gasteiger partial charge in [-0.05, 0) is 37.1 Å². The van der Waals surface area contributed by atoms with Gasteiger partial charge >= 0.3 is 0 Å². The lowest BCUT2D eigenvalue weighted by Gasteiger charge is -2.33. The molecule has 1 aliphatic rings. The van der Waals surface area contributed by atoms with Crippen molar-refractivity contribution >= 4 is 16.6 Å². The van der Waals surface area contributed by atoms with Crippen LogP contribution < -0.4 is 10.2 Å². The zero-order chi connectivity index (χ0) is 22.8. The molecule has 0 radical (unpaired) electrons. The molecule has 1 fully saturated rings. The zero-order valence-electron chi connectivity index (χ0n) is 18.4. The summed E-state index contributed by atoms with van der Waals surface area (Å²) in [5.74, 6) is 0.608. The van der Waals surface area contributed by atoms with Gasteiger partial charge in [0.15, 0.2) is 5.82 Å². The molecule has 7 nitrogen and oxygen atoms in total. The van der Waals surface area contributed by atoms with E-state index in [1.165, 1.54) is 12.1 Å². The maximum Gasteiger partial charge on any atom is 0.159 e. The number of benzene rings is 2. The van der Waals surface area contributed by atoms with Crippen molar-refractivity contribution in [2.75, 3.05) is 18.0 Å².